The highest BCUT2D eigenvalue weighted by Gasteiger charge is 2.46. The molecular formula is C17H23F2NO2. The van der Waals surface area contributed by atoms with E-state index in [1.807, 2.05) is 13.8 Å². The number of amides is 1. The monoisotopic (exact) mass is 311 g/mol. The fourth-order valence-electron chi connectivity index (χ4n) is 2.65. The Balaban J connectivity index is 1.93. The summed E-state index contributed by atoms with van der Waals surface area (Å²) in [5.74, 6) is -2.52. The summed E-state index contributed by atoms with van der Waals surface area (Å²) in [5, 5.41) is 13.0. The third-order valence-corrected chi connectivity index (χ3v) is 4.80. The number of hydrogen-bond acceptors (Lipinski definition) is 2. The lowest BCUT2D eigenvalue weighted by Gasteiger charge is -2.29. The van der Waals surface area contributed by atoms with Crippen molar-refractivity contribution in [3.05, 3.63) is 35.4 Å². The van der Waals surface area contributed by atoms with Gasteiger partial charge in [-0.05, 0) is 36.8 Å². The second-order valence-corrected chi connectivity index (χ2v) is 6.48. The van der Waals surface area contributed by atoms with Crippen LogP contribution in [0.5, 0.6) is 0 Å². The molecule has 1 aromatic rings. The second-order valence-electron chi connectivity index (χ2n) is 6.48. The summed E-state index contributed by atoms with van der Waals surface area (Å²) in [4.78, 5) is 12.1. The van der Waals surface area contributed by atoms with E-state index < -0.39 is 17.2 Å². The van der Waals surface area contributed by atoms with Gasteiger partial charge < -0.3 is 10.4 Å². The average molecular weight is 311 g/mol. The maximum absolute atomic E-state index is 13.7. The standard InChI is InChI=1S/C17H23F2NO2/c1-4-10(2)17(3,22)9-20-16(21)13-8-12(13)11-6-5-7-14(18)15(11)19/h5-7,10,12-13,22H,4,8-9H2,1-3H3,(H,20,21). The third-order valence-electron chi connectivity index (χ3n) is 4.80. The van der Waals surface area contributed by atoms with Gasteiger partial charge in [0.15, 0.2) is 11.6 Å². The topological polar surface area (TPSA) is 49.3 Å². The minimum atomic E-state index is -0.973. The molecule has 1 saturated carbocycles. The van der Waals surface area contributed by atoms with Crippen LogP contribution in [0.25, 0.3) is 0 Å². The zero-order valence-electron chi connectivity index (χ0n) is 13.2. The molecule has 0 spiro atoms. The highest BCUT2D eigenvalue weighted by atomic mass is 19.2. The van der Waals surface area contributed by atoms with Crippen LogP contribution in [0, 0.1) is 23.5 Å². The van der Waals surface area contributed by atoms with Crippen molar-refractivity contribution in [1.29, 1.82) is 0 Å². The Morgan fingerprint density at radius 3 is 2.82 bits per heavy atom. The highest BCUT2D eigenvalue weighted by Crippen LogP contribution is 2.48. The van der Waals surface area contributed by atoms with E-state index >= 15 is 0 Å². The first-order valence-electron chi connectivity index (χ1n) is 7.72. The van der Waals surface area contributed by atoms with E-state index in [1.54, 1.807) is 6.92 Å². The van der Waals surface area contributed by atoms with Gasteiger partial charge >= 0.3 is 0 Å². The summed E-state index contributed by atoms with van der Waals surface area (Å²) < 4.78 is 26.9. The molecule has 0 heterocycles. The van der Waals surface area contributed by atoms with Gasteiger partial charge in [-0.2, -0.15) is 0 Å². The van der Waals surface area contributed by atoms with Crippen LogP contribution in [-0.2, 0) is 4.79 Å². The summed E-state index contributed by atoms with van der Waals surface area (Å²) in [5.41, 5.74) is -0.715. The van der Waals surface area contributed by atoms with Crippen LogP contribution in [0.3, 0.4) is 0 Å². The first-order valence-corrected chi connectivity index (χ1v) is 7.72. The van der Waals surface area contributed by atoms with E-state index in [2.05, 4.69) is 5.32 Å². The molecule has 1 amide bonds. The number of carbonyl (C=O) groups is 1. The molecule has 0 bridgehead atoms. The predicted octanol–water partition coefficient (Wildman–Crippen LogP) is 2.98. The zero-order valence-corrected chi connectivity index (χ0v) is 13.2. The molecule has 4 unspecified atom stereocenters. The fraction of sp³-hybridized carbons (Fsp3) is 0.588. The van der Waals surface area contributed by atoms with Gasteiger partial charge in [0.05, 0.1) is 5.60 Å². The number of benzene rings is 1. The third kappa shape index (κ3) is 3.46. The van der Waals surface area contributed by atoms with Crippen molar-refractivity contribution in [2.45, 2.75) is 45.1 Å². The molecule has 2 rings (SSSR count). The Labute approximate surface area is 129 Å². The normalized spacial score (nSPS) is 24.5. The van der Waals surface area contributed by atoms with Crippen molar-refractivity contribution in [1.82, 2.24) is 5.32 Å². The lowest BCUT2D eigenvalue weighted by molar-refractivity contribution is -0.124. The minimum Gasteiger partial charge on any atom is -0.388 e. The predicted molar refractivity (Wildman–Crippen MR) is 80.3 cm³/mol. The summed E-state index contributed by atoms with van der Waals surface area (Å²) in [6.45, 7) is 5.76. The minimum absolute atomic E-state index is 0.0588. The Kier molecular flexibility index (Phi) is 4.85. The molecule has 0 saturated heterocycles. The van der Waals surface area contributed by atoms with Gasteiger partial charge in [-0.25, -0.2) is 8.78 Å². The molecule has 3 nitrogen and oxygen atoms in total. The first kappa shape index (κ1) is 16.9. The Bertz CT molecular complexity index is 560. The molecule has 1 fully saturated rings. The van der Waals surface area contributed by atoms with Crippen LogP contribution in [0.2, 0.25) is 0 Å². The Morgan fingerprint density at radius 2 is 2.18 bits per heavy atom. The molecule has 5 heteroatoms. The average Bonchev–Trinajstić information content (AvgIpc) is 3.27. The smallest absolute Gasteiger partial charge is 0.223 e. The summed E-state index contributed by atoms with van der Waals surface area (Å²) >= 11 is 0. The lowest BCUT2D eigenvalue weighted by Crippen LogP contribution is -2.45. The maximum Gasteiger partial charge on any atom is 0.223 e. The Hall–Kier alpha value is -1.49. The highest BCUT2D eigenvalue weighted by molar-refractivity contribution is 5.83. The van der Waals surface area contributed by atoms with Crippen LogP contribution in [0.1, 0.15) is 45.1 Å². The van der Waals surface area contributed by atoms with Crippen molar-refractivity contribution in [3.63, 3.8) is 0 Å². The van der Waals surface area contributed by atoms with Crippen molar-refractivity contribution < 1.29 is 18.7 Å². The van der Waals surface area contributed by atoms with E-state index in [-0.39, 0.29) is 35.8 Å². The van der Waals surface area contributed by atoms with Gasteiger partial charge in [-0.3, -0.25) is 4.79 Å². The quantitative estimate of drug-likeness (QED) is 0.848. The SMILES string of the molecule is CCC(C)C(C)(O)CNC(=O)C1CC1c1cccc(F)c1F. The molecule has 4 atom stereocenters. The van der Waals surface area contributed by atoms with Gasteiger partial charge in [-0.15, -0.1) is 0 Å². The van der Waals surface area contributed by atoms with E-state index in [4.69, 9.17) is 0 Å². The van der Waals surface area contributed by atoms with Crippen LogP contribution in [0.4, 0.5) is 8.78 Å². The summed E-state index contributed by atoms with van der Waals surface area (Å²) in [7, 11) is 0. The van der Waals surface area contributed by atoms with E-state index in [0.29, 0.717) is 6.42 Å². The maximum atomic E-state index is 13.7. The first-order chi connectivity index (χ1) is 10.3. The fourth-order valence-corrected chi connectivity index (χ4v) is 2.65. The lowest BCUT2D eigenvalue weighted by atomic mass is 9.88. The molecule has 1 aliphatic carbocycles. The van der Waals surface area contributed by atoms with E-state index in [0.717, 1.165) is 12.5 Å². The van der Waals surface area contributed by atoms with Crippen molar-refractivity contribution in [3.8, 4) is 0 Å². The number of halogens is 2. The molecule has 0 radical (unpaired) electrons. The van der Waals surface area contributed by atoms with Crippen LogP contribution in [-0.4, -0.2) is 23.2 Å². The molecule has 0 aliphatic heterocycles. The number of nitrogens with one attached hydrogen (secondary N) is 1. The molecule has 122 valence electrons. The van der Waals surface area contributed by atoms with Gasteiger partial charge in [0, 0.05) is 12.5 Å². The van der Waals surface area contributed by atoms with Crippen LogP contribution < -0.4 is 5.32 Å². The number of carbonyl (C=O) groups excluding carboxylic acids is 1. The van der Waals surface area contributed by atoms with Crippen LogP contribution in [0.15, 0.2) is 18.2 Å². The Morgan fingerprint density at radius 1 is 1.50 bits per heavy atom. The molecular weight excluding hydrogens is 288 g/mol. The van der Waals surface area contributed by atoms with Crippen molar-refractivity contribution in [2.24, 2.45) is 11.8 Å². The van der Waals surface area contributed by atoms with Gasteiger partial charge in [0.2, 0.25) is 5.91 Å². The molecule has 2 N–H and O–H groups in total. The van der Waals surface area contributed by atoms with Gasteiger partial charge in [-0.1, -0.05) is 32.4 Å². The largest absolute Gasteiger partial charge is 0.388 e. The van der Waals surface area contributed by atoms with Crippen LogP contribution >= 0.6 is 0 Å². The van der Waals surface area contributed by atoms with Gasteiger partial charge in [0.25, 0.3) is 0 Å². The van der Waals surface area contributed by atoms with Gasteiger partial charge in [0.1, 0.15) is 0 Å². The van der Waals surface area contributed by atoms with Crippen molar-refractivity contribution >= 4 is 5.91 Å². The van der Waals surface area contributed by atoms with E-state index in [9.17, 15) is 18.7 Å². The number of aliphatic hydroxyl groups is 1. The summed E-state index contributed by atoms with van der Waals surface area (Å²) in [6, 6.07) is 4.04. The zero-order chi connectivity index (χ0) is 16.5. The number of rotatable bonds is 6. The van der Waals surface area contributed by atoms with Crippen molar-refractivity contribution in [2.75, 3.05) is 6.54 Å². The summed E-state index contributed by atoms with van der Waals surface area (Å²) in [6.07, 6.45) is 1.32. The van der Waals surface area contributed by atoms with E-state index in [1.165, 1.54) is 12.1 Å². The molecule has 1 aliphatic rings. The molecule has 0 aromatic heterocycles. The molecule has 1 aromatic carbocycles. The molecule has 22 heavy (non-hydrogen) atoms. The second kappa shape index (κ2) is 6.32. The number of hydrogen-bond donors (Lipinski definition) is 2.